The van der Waals surface area contributed by atoms with Crippen LogP contribution >= 0.6 is 0 Å². The average Bonchev–Trinajstić information content (AvgIpc) is 2.26. The molecule has 1 unspecified atom stereocenters. The summed E-state index contributed by atoms with van der Waals surface area (Å²) in [6.45, 7) is 3.30. The van der Waals surface area contributed by atoms with Crippen LogP contribution in [-0.2, 0) is 4.79 Å². The second-order valence-corrected chi connectivity index (χ2v) is 2.56. The van der Waals surface area contributed by atoms with Crippen molar-refractivity contribution >= 4 is 5.91 Å². The maximum Gasteiger partial charge on any atom is 0.244 e. The summed E-state index contributed by atoms with van der Waals surface area (Å²) in [7, 11) is 0. The number of carbonyl (C=O) groups excluding carboxylic acids is 1. The summed E-state index contributed by atoms with van der Waals surface area (Å²) in [6.07, 6.45) is 4.27. The Bertz CT molecular complexity index is 367. The van der Waals surface area contributed by atoms with Crippen LogP contribution in [-0.4, -0.2) is 10.9 Å². The van der Waals surface area contributed by atoms with Gasteiger partial charge in [-0.05, 0) is 12.1 Å². The Labute approximate surface area is 81.9 Å². The molecule has 0 saturated carbocycles. The van der Waals surface area contributed by atoms with Crippen molar-refractivity contribution in [3.05, 3.63) is 42.7 Å². The summed E-state index contributed by atoms with van der Waals surface area (Å²) in [5.41, 5.74) is 0.658. The summed E-state index contributed by atoms with van der Waals surface area (Å²) in [5, 5.41) is 11.3. The molecule has 0 aromatic carbocycles. The lowest BCUT2D eigenvalue weighted by atomic mass is 10.1. The molecule has 0 saturated heterocycles. The van der Waals surface area contributed by atoms with Gasteiger partial charge in [-0.1, -0.05) is 12.6 Å². The van der Waals surface area contributed by atoms with E-state index in [4.69, 9.17) is 5.26 Å². The van der Waals surface area contributed by atoms with Crippen LogP contribution in [0.2, 0.25) is 0 Å². The Morgan fingerprint density at radius 2 is 2.57 bits per heavy atom. The van der Waals surface area contributed by atoms with E-state index in [-0.39, 0.29) is 5.91 Å². The number of nitrogens with one attached hydrogen (secondary N) is 1. The third-order valence-electron chi connectivity index (χ3n) is 1.62. The minimum absolute atomic E-state index is 0.375. The van der Waals surface area contributed by atoms with Crippen LogP contribution in [0.3, 0.4) is 0 Å². The molecule has 4 nitrogen and oxygen atoms in total. The van der Waals surface area contributed by atoms with Gasteiger partial charge in [0.2, 0.25) is 5.91 Å². The van der Waals surface area contributed by atoms with Gasteiger partial charge in [0.15, 0.2) is 0 Å². The fourth-order valence-electron chi connectivity index (χ4n) is 0.938. The molecular weight excluding hydrogens is 178 g/mol. The van der Waals surface area contributed by atoms with E-state index in [1.165, 1.54) is 6.20 Å². The molecule has 1 heterocycles. The van der Waals surface area contributed by atoms with Crippen molar-refractivity contribution in [1.29, 1.82) is 5.26 Å². The number of hydrogen-bond donors (Lipinski definition) is 1. The van der Waals surface area contributed by atoms with Crippen LogP contribution in [0.1, 0.15) is 11.6 Å². The molecule has 0 aliphatic rings. The number of nitrogens with zero attached hydrogens (tertiary/aromatic N) is 2. The zero-order chi connectivity index (χ0) is 10.4. The zero-order valence-electron chi connectivity index (χ0n) is 7.47. The number of aromatic nitrogens is 1. The second kappa shape index (κ2) is 4.77. The Balaban J connectivity index is 2.79. The number of nitriles is 1. The molecular formula is C10H9N3O. The predicted octanol–water partition coefficient (Wildman–Crippen LogP) is 0.948. The van der Waals surface area contributed by atoms with Crippen LogP contribution in [0, 0.1) is 11.3 Å². The van der Waals surface area contributed by atoms with Gasteiger partial charge >= 0.3 is 0 Å². The first-order valence-electron chi connectivity index (χ1n) is 4.00. The van der Waals surface area contributed by atoms with Gasteiger partial charge in [-0.15, -0.1) is 0 Å². The third-order valence-corrected chi connectivity index (χ3v) is 1.62. The van der Waals surface area contributed by atoms with Crippen LogP contribution in [0.4, 0.5) is 0 Å². The minimum Gasteiger partial charge on any atom is -0.333 e. The highest BCUT2D eigenvalue weighted by atomic mass is 16.1. The fourth-order valence-corrected chi connectivity index (χ4v) is 0.938. The zero-order valence-corrected chi connectivity index (χ0v) is 7.47. The van der Waals surface area contributed by atoms with Crippen molar-refractivity contribution in [2.45, 2.75) is 6.04 Å². The van der Waals surface area contributed by atoms with E-state index in [0.29, 0.717) is 5.56 Å². The Hall–Kier alpha value is -2.15. The molecule has 0 bridgehead atoms. The smallest absolute Gasteiger partial charge is 0.244 e. The van der Waals surface area contributed by atoms with E-state index < -0.39 is 6.04 Å². The highest BCUT2D eigenvalue weighted by molar-refractivity contribution is 5.87. The van der Waals surface area contributed by atoms with Crippen LogP contribution in [0.15, 0.2) is 37.2 Å². The first-order valence-corrected chi connectivity index (χ1v) is 4.00. The van der Waals surface area contributed by atoms with E-state index >= 15 is 0 Å². The van der Waals surface area contributed by atoms with Crippen LogP contribution < -0.4 is 5.32 Å². The highest BCUT2D eigenvalue weighted by Crippen LogP contribution is 2.09. The van der Waals surface area contributed by atoms with E-state index in [9.17, 15) is 4.79 Å². The molecule has 70 valence electrons. The highest BCUT2D eigenvalue weighted by Gasteiger charge is 2.11. The standard InChI is InChI=1S/C10H9N3O/c1-2-10(14)13-9(6-11)8-4-3-5-12-7-8/h2-5,7,9H,1H2,(H,13,14). The van der Waals surface area contributed by atoms with Gasteiger partial charge in [0.1, 0.15) is 6.04 Å². The number of carbonyl (C=O) groups is 1. The lowest BCUT2D eigenvalue weighted by Gasteiger charge is -2.08. The van der Waals surface area contributed by atoms with Crippen molar-refractivity contribution in [1.82, 2.24) is 10.3 Å². The molecule has 1 amide bonds. The largest absolute Gasteiger partial charge is 0.333 e. The van der Waals surface area contributed by atoms with Gasteiger partial charge in [0.05, 0.1) is 6.07 Å². The van der Waals surface area contributed by atoms with E-state index in [1.807, 2.05) is 6.07 Å². The molecule has 0 spiro atoms. The third kappa shape index (κ3) is 2.42. The Kier molecular flexibility index (Phi) is 3.39. The lowest BCUT2D eigenvalue weighted by molar-refractivity contribution is -0.116. The van der Waals surface area contributed by atoms with Crippen molar-refractivity contribution in [3.63, 3.8) is 0 Å². The monoisotopic (exact) mass is 187 g/mol. The van der Waals surface area contributed by atoms with Crippen LogP contribution in [0.5, 0.6) is 0 Å². The molecule has 1 rings (SSSR count). The van der Waals surface area contributed by atoms with E-state index in [2.05, 4.69) is 16.9 Å². The molecule has 1 aromatic rings. The lowest BCUT2D eigenvalue weighted by Crippen LogP contribution is -2.25. The molecule has 1 N–H and O–H groups in total. The Morgan fingerprint density at radius 1 is 1.79 bits per heavy atom. The summed E-state index contributed by atoms with van der Waals surface area (Å²) in [6, 6.07) is 4.73. The Morgan fingerprint density at radius 3 is 3.07 bits per heavy atom. The quantitative estimate of drug-likeness (QED) is 0.716. The SMILES string of the molecule is C=CC(=O)NC(C#N)c1cccnc1. The fraction of sp³-hybridized carbons (Fsp3) is 0.100. The number of pyridine rings is 1. The number of amides is 1. The molecule has 1 aromatic heterocycles. The molecule has 4 heteroatoms. The summed E-state index contributed by atoms with van der Waals surface area (Å²) >= 11 is 0. The summed E-state index contributed by atoms with van der Waals surface area (Å²) < 4.78 is 0. The van der Waals surface area contributed by atoms with Gasteiger partial charge in [-0.3, -0.25) is 9.78 Å². The summed E-state index contributed by atoms with van der Waals surface area (Å²) in [5.74, 6) is -0.375. The van der Waals surface area contributed by atoms with Gasteiger partial charge in [-0.25, -0.2) is 0 Å². The number of rotatable bonds is 3. The molecule has 0 aliphatic heterocycles. The van der Waals surface area contributed by atoms with Crippen LogP contribution in [0.25, 0.3) is 0 Å². The van der Waals surface area contributed by atoms with Gasteiger partial charge in [0, 0.05) is 18.0 Å². The molecule has 1 atom stereocenters. The summed E-state index contributed by atoms with van der Waals surface area (Å²) in [4.78, 5) is 14.8. The van der Waals surface area contributed by atoms with E-state index in [1.54, 1.807) is 18.3 Å². The second-order valence-electron chi connectivity index (χ2n) is 2.56. The maximum atomic E-state index is 11.0. The first-order chi connectivity index (χ1) is 6.77. The van der Waals surface area contributed by atoms with E-state index in [0.717, 1.165) is 6.08 Å². The van der Waals surface area contributed by atoms with Gasteiger partial charge in [-0.2, -0.15) is 5.26 Å². The molecule has 0 fully saturated rings. The van der Waals surface area contributed by atoms with Gasteiger partial charge in [0.25, 0.3) is 0 Å². The normalized spacial score (nSPS) is 11.1. The topological polar surface area (TPSA) is 65.8 Å². The van der Waals surface area contributed by atoms with Crippen molar-refractivity contribution < 1.29 is 4.79 Å². The van der Waals surface area contributed by atoms with Gasteiger partial charge < -0.3 is 5.32 Å². The molecule has 0 radical (unpaired) electrons. The van der Waals surface area contributed by atoms with Crippen molar-refractivity contribution in [2.24, 2.45) is 0 Å². The first kappa shape index (κ1) is 9.93. The molecule has 14 heavy (non-hydrogen) atoms. The minimum atomic E-state index is -0.672. The predicted molar refractivity (Wildman–Crippen MR) is 50.9 cm³/mol. The number of hydrogen-bond acceptors (Lipinski definition) is 3. The maximum absolute atomic E-state index is 11.0. The molecule has 0 aliphatic carbocycles. The average molecular weight is 187 g/mol. The van der Waals surface area contributed by atoms with Crippen molar-refractivity contribution in [2.75, 3.05) is 0 Å². The van der Waals surface area contributed by atoms with Crippen molar-refractivity contribution in [3.8, 4) is 6.07 Å².